The first-order chi connectivity index (χ1) is 11.0. The van der Waals surface area contributed by atoms with Crippen molar-refractivity contribution in [2.75, 3.05) is 5.32 Å². The molecule has 2 aromatic heterocycles. The summed E-state index contributed by atoms with van der Waals surface area (Å²) in [5, 5.41) is 6.92. The Kier molecular flexibility index (Phi) is 3.99. The van der Waals surface area contributed by atoms with E-state index in [1.54, 1.807) is 29.8 Å². The van der Waals surface area contributed by atoms with Crippen LogP contribution < -0.4 is 5.32 Å². The largest absolute Gasteiger partial charge is 0.312 e. The number of hydrogen-bond acceptors (Lipinski definition) is 3. The molecule has 6 nitrogen and oxygen atoms in total. The molecule has 1 N–H and O–H groups in total. The van der Waals surface area contributed by atoms with Crippen LogP contribution in [-0.2, 0) is 13.6 Å². The minimum Gasteiger partial charge on any atom is -0.312 e. The topological polar surface area (TPSA) is 64.7 Å². The summed E-state index contributed by atoms with van der Waals surface area (Å²) in [6.07, 6.45) is -1.21. The van der Waals surface area contributed by atoms with E-state index in [2.05, 4.69) is 15.4 Å². The van der Waals surface area contributed by atoms with Gasteiger partial charge in [-0.05, 0) is 18.2 Å². The second-order valence-electron chi connectivity index (χ2n) is 4.87. The Balaban J connectivity index is 1.84. The van der Waals surface area contributed by atoms with Crippen LogP contribution >= 0.6 is 11.6 Å². The number of amides is 1. The lowest BCUT2D eigenvalue weighted by molar-refractivity contribution is 0.101. The van der Waals surface area contributed by atoms with E-state index in [9.17, 15) is 13.6 Å². The number of halogens is 3. The third kappa shape index (κ3) is 3.02. The summed E-state index contributed by atoms with van der Waals surface area (Å²) in [6, 6.07) is 6.63. The molecule has 0 aliphatic rings. The number of nitrogens with zero attached hydrogens (tertiary/aromatic N) is 4. The van der Waals surface area contributed by atoms with Crippen LogP contribution in [0.15, 0.2) is 30.5 Å². The number of nitrogens with one attached hydrogen (secondary N) is 1. The van der Waals surface area contributed by atoms with E-state index in [0.717, 1.165) is 4.68 Å². The molecule has 0 radical (unpaired) electrons. The molecule has 23 heavy (non-hydrogen) atoms. The fraction of sp³-hybridized carbons (Fsp3) is 0.214. The highest BCUT2D eigenvalue weighted by atomic mass is 35.5. The van der Waals surface area contributed by atoms with Gasteiger partial charge in [0.15, 0.2) is 5.69 Å². The van der Waals surface area contributed by atoms with E-state index in [1.165, 1.54) is 12.3 Å². The van der Waals surface area contributed by atoms with E-state index >= 15 is 0 Å². The molecule has 9 heteroatoms. The lowest BCUT2D eigenvalue weighted by Gasteiger charge is -2.04. The number of para-hydroxylation sites is 1. The molecule has 0 aliphatic carbocycles. The highest BCUT2D eigenvalue weighted by Crippen LogP contribution is 2.25. The number of benzene rings is 1. The number of anilines is 1. The minimum atomic E-state index is -2.53. The SMILES string of the molecule is Cn1c(NC(=O)c2ccn(CC(F)F)n2)nc2cccc(Cl)c21. The molecule has 1 aromatic carbocycles. The van der Waals surface area contributed by atoms with E-state index in [4.69, 9.17) is 11.6 Å². The van der Waals surface area contributed by atoms with Gasteiger partial charge in [-0.15, -0.1) is 0 Å². The van der Waals surface area contributed by atoms with Gasteiger partial charge in [0.25, 0.3) is 12.3 Å². The molecule has 0 bridgehead atoms. The van der Waals surface area contributed by atoms with Gasteiger partial charge in [-0.3, -0.25) is 14.8 Å². The van der Waals surface area contributed by atoms with Crippen LogP contribution in [0.3, 0.4) is 0 Å². The van der Waals surface area contributed by atoms with Gasteiger partial charge in [-0.25, -0.2) is 13.8 Å². The van der Waals surface area contributed by atoms with Crippen molar-refractivity contribution in [2.45, 2.75) is 13.0 Å². The maximum atomic E-state index is 12.3. The summed E-state index contributed by atoms with van der Waals surface area (Å²) in [5.74, 6) is -0.242. The molecule has 0 unspecified atom stereocenters. The molecule has 0 atom stereocenters. The van der Waals surface area contributed by atoms with Crippen molar-refractivity contribution in [3.8, 4) is 0 Å². The Bertz CT molecular complexity index is 873. The van der Waals surface area contributed by atoms with Gasteiger partial charge in [-0.1, -0.05) is 17.7 Å². The standard InChI is InChI=1S/C14H12ClF2N5O/c1-21-12-8(15)3-2-4-9(12)18-14(21)19-13(23)10-5-6-22(20-10)7-11(16)17/h2-6,11H,7H2,1H3,(H,18,19,23). The first kappa shape index (κ1) is 15.4. The van der Waals surface area contributed by atoms with Gasteiger partial charge in [0.05, 0.1) is 16.1 Å². The molecule has 2 heterocycles. The predicted octanol–water partition coefficient (Wildman–Crippen LogP) is 2.94. The maximum Gasteiger partial charge on any atom is 0.278 e. The molecule has 0 saturated heterocycles. The van der Waals surface area contributed by atoms with Crippen molar-refractivity contribution in [1.29, 1.82) is 0 Å². The second-order valence-corrected chi connectivity index (χ2v) is 5.28. The van der Waals surface area contributed by atoms with Gasteiger partial charge < -0.3 is 4.57 Å². The minimum absolute atomic E-state index is 0.0313. The highest BCUT2D eigenvalue weighted by molar-refractivity contribution is 6.35. The van der Waals surface area contributed by atoms with Crippen LogP contribution in [-0.4, -0.2) is 31.7 Å². The summed E-state index contributed by atoms with van der Waals surface area (Å²) in [6.45, 7) is -0.560. The molecule has 0 spiro atoms. The van der Waals surface area contributed by atoms with Crippen LogP contribution in [0.2, 0.25) is 5.02 Å². The second kappa shape index (κ2) is 5.96. The molecule has 120 valence electrons. The fourth-order valence-electron chi connectivity index (χ4n) is 2.22. The van der Waals surface area contributed by atoms with Crippen molar-refractivity contribution in [2.24, 2.45) is 7.05 Å². The number of aryl methyl sites for hydroxylation is 1. The van der Waals surface area contributed by atoms with Crippen molar-refractivity contribution >= 4 is 34.5 Å². The Morgan fingerprint density at radius 3 is 2.87 bits per heavy atom. The summed E-state index contributed by atoms with van der Waals surface area (Å²) < 4.78 is 27.3. The number of carbonyl (C=O) groups excluding carboxylic acids is 1. The Morgan fingerprint density at radius 2 is 2.17 bits per heavy atom. The van der Waals surface area contributed by atoms with Crippen molar-refractivity contribution in [3.05, 3.63) is 41.2 Å². The van der Waals surface area contributed by atoms with E-state index in [0.29, 0.717) is 22.0 Å². The third-order valence-corrected chi connectivity index (χ3v) is 3.57. The summed E-state index contributed by atoms with van der Waals surface area (Å²) in [5.41, 5.74) is 1.36. The van der Waals surface area contributed by atoms with Crippen LogP contribution in [0.25, 0.3) is 11.0 Å². The lowest BCUT2D eigenvalue weighted by Crippen LogP contribution is -2.16. The van der Waals surface area contributed by atoms with Gasteiger partial charge in [-0.2, -0.15) is 5.10 Å². The van der Waals surface area contributed by atoms with Crippen LogP contribution in [0.1, 0.15) is 10.5 Å². The molecule has 0 saturated carbocycles. The smallest absolute Gasteiger partial charge is 0.278 e. The average molecular weight is 340 g/mol. The van der Waals surface area contributed by atoms with Crippen molar-refractivity contribution < 1.29 is 13.6 Å². The summed E-state index contributed by atoms with van der Waals surface area (Å²) in [7, 11) is 1.71. The fourth-order valence-corrected chi connectivity index (χ4v) is 2.52. The number of rotatable bonds is 4. The quantitative estimate of drug-likeness (QED) is 0.794. The number of carbonyl (C=O) groups is 1. The predicted molar refractivity (Wildman–Crippen MR) is 81.9 cm³/mol. The Hall–Kier alpha value is -2.48. The van der Waals surface area contributed by atoms with E-state index < -0.39 is 18.9 Å². The lowest BCUT2D eigenvalue weighted by atomic mass is 10.3. The molecule has 0 aliphatic heterocycles. The first-order valence-corrected chi connectivity index (χ1v) is 7.07. The van der Waals surface area contributed by atoms with E-state index in [1.807, 2.05) is 0 Å². The molecular weight excluding hydrogens is 328 g/mol. The molecule has 3 rings (SSSR count). The summed E-state index contributed by atoms with van der Waals surface area (Å²) >= 11 is 6.12. The van der Waals surface area contributed by atoms with Crippen LogP contribution in [0.5, 0.6) is 0 Å². The average Bonchev–Trinajstić information content (AvgIpc) is 3.05. The van der Waals surface area contributed by atoms with Crippen molar-refractivity contribution in [1.82, 2.24) is 19.3 Å². The van der Waals surface area contributed by atoms with Gasteiger partial charge in [0.2, 0.25) is 5.95 Å². The van der Waals surface area contributed by atoms with E-state index in [-0.39, 0.29) is 5.69 Å². The van der Waals surface area contributed by atoms with Crippen LogP contribution in [0, 0.1) is 0 Å². The number of fused-ring (bicyclic) bond motifs is 1. The highest BCUT2D eigenvalue weighted by Gasteiger charge is 2.16. The number of aromatic nitrogens is 4. The molecule has 1 amide bonds. The molecule has 0 fully saturated rings. The van der Waals surface area contributed by atoms with Gasteiger partial charge in [0.1, 0.15) is 6.54 Å². The zero-order chi connectivity index (χ0) is 16.6. The van der Waals surface area contributed by atoms with Crippen molar-refractivity contribution in [3.63, 3.8) is 0 Å². The molecule has 3 aromatic rings. The zero-order valence-corrected chi connectivity index (χ0v) is 12.8. The normalized spacial score (nSPS) is 11.3. The van der Waals surface area contributed by atoms with Gasteiger partial charge >= 0.3 is 0 Å². The Morgan fingerprint density at radius 1 is 1.39 bits per heavy atom. The Labute approximate surface area is 134 Å². The first-order valence-electron chi connectivity index (χ1n) is 6.69. The molecular formula is C14H12ClF2N5O. The monoisotopic (exact) mass is 339 g/mol. The number of alkyl halides is 2. The third-order valence-electron chi connectivity index (χ3n) is 3.27. The number of imidazole rings is 1. The number of hydrogen-bond donors (Lipinski definition) is 1. The maximum absolute atomic E-state index is 12.3. The summed E-state index contributed by atoms with van der Waals surface area (Å²) in [4.78, 5) is 16.5. The zero-order valence-electron chi connectivity index (χ0n) is 12.0. The van der Waals surface area contributed by atoms with Gasteiger partial charge in [0, 0.05) is 13.2 Å². The van der Waals surface area contributed by atoms with Crippen LogP contribution in [0.4, 0.5) is 14.7 Å².